The molecule has 0 bridgehead atoms. The number of halogens is 4. The van der Waals surface area contributed by atoms with Gasteiger partial charge in [-0.15, -0.1) is 0 Å². The molecular formula is C19H13ClF3NO4. The lowest BCUT2D eigenvalue weighted by Crippen LogP contribution is -2.15. The minimum atomic E-state index is -1.38. The van der Waals surface area contributed by atoms with Crippen molar-refractivity contribution in [3.63, 3.8) is 0 Å². The fourth-order valence-electron chi connectivity index (χ4n) is 3.18. The molecule has 3 aromatic rings. The maximum atomic E-state index is 14.6. The Bertz CT molecular complexity index is 1160. The smallest absolute Gasteiger partial charge is 0.310 e. The number of nitrogens with zero attached hydrogens (tertiary/aromatic N) is 1. The maximum absolute atomic E-state index is 14.6. The molecule has 9 heteroatoms. The van der Waals surface area contributed by atoms with Gasteiger partial charge in [0.2, 0.25) is 0 Å². The second-order valence-electron chi connectivity index (χ2n) is 6.24. The molecule has 0 radical (unpaired) electrons. The van der Waals surface area contributed by atoms with Crippen LogP contribution in [-0.2, 0) is 4.79 Å². The lowest BCUT2D eigenvalue weighted by Gasteiger charge is -2.10. The van der Waals surface area contributed by atoms with Crippen LogP contribution >= 0.6 is 11.6 Å². The lowest BCUT2D eigenvalue weighted by atomic mass is 9.97. The Morgan fingerprint density at radius 1 is 1.14 bits per heavy atom. The summed E-state index contributed by atoms with van der Waals surface area (Å²) < 4.78 is 43.3. The Labute approximate surface area is 161 Å². The van der Waals surface area contributed by atoms with Crippen molar-refractivity contribution in [1.82, 2.24) is 4.57 Å². The Hall–Kier alpha value is -3.00. The van der Waals surface area contributed by atoms with E-state index >= 15 is 0 Å². The number of hydrogen-bond donors (Lipinski definition) is 2. The van der Waals surface area contributed by atoms with Gasteiger partial charge < -0.3 is 10.2 Å². The van der Waals surface area contributed by atoms with Crippen LogP contribution in [0.5, 0.6) is 5.75 Å². The Morgan fingerprint density at radius 2 is 1.79 bits per heavy atom. The highest BCUT2D eigenvalue weighted by Crippen LogP contribution is 2.38. The third-order valence-corrected chi connectivity index (χ3v) is 4.89. The first-order valence-electron chi connectivity index (χ1n) is 8.00. The van der Waals surface area contributed by atoms with E-state index in [1.807, 2.05) is 0 Å². The van der Waals surface area contributed by atoms with Gasteiger partial charge in [-0.2, -0.15) is 0 Å². The SMILES string of the molecule is Cc1c([C@@H](C)C(=O)O)c2c(F)c(O)c(F)cc2n1C(=O)c1ccc(Cl)c(F)c1. The number of phenols is 1. The summed E-state index contributed by atoms with van der Waals surface area (Å²) in [5.74, 6) is -8.27. The number of benzene rings is 2. The predicted octanol–water partition coefficient (Wildman–Crippen LogP) is 4.60. The standard InChI is InChI=1S/C19H13ClF3NO4/c1-7(19(27)28)14-8(2)24(13-6-12(22)17(25)16(23)15(13)14)18(26)9-3-4-10(20)11(21)5-9/h3-7,25H,1-2H3,(H,27,28)/t7-/m1/s1. The number of aliphatic carboxylic acids is 1. The average molecular weight is 412 g/mol. The number of carbonyl (C=O) groups excluding carboxylic acids is 1. The lowest BCUT2D eigenvalue weighted by molar-refractivity contribution is -0.138. The van der Waals surface area contributed by atoms with E-state index in [2.05, 4.69) is 0 Å². The minimum Gasteiger partial charge on any atom is -0.503 e. The topological polar surface area (TPSA) is 79.5 Å². The molecule has 0 aliphatic heterocycles. The van der Waals surface area contributed by atoms with Crippen LogP contribution in [0.3, 0.4) is 0 Å². The quantitative estimate of drug-likeness (QED) is 0.660. The molecule has 0 fully saturated rings. The van der Waals surface area contributed by atoms with Crippen LogP contribution in [0.4, 0.5) is 13.2 Å². The number of aromatic hydroxyl groups is 1. The van der Waals surface area contributed by atoms with Crippen molar-refractivity contribution >= 4 is 34.4 Å². The predicted molar refractivity (Wildman–Crippen MR) is 95.4 cm³/mol. The van der Waals surface area contributed by atoms with E-state index in [4.69, 9.17) is 11.6 Å². The van der Waals surface area contributed by atoms with Crippen LogP contribution < -0.4 is 0 Å². The first-order chi connectivity index (χ1) is 13.1. The molecule has 0 aliphatic carbocycles. The van der Waals surface area contributed by atoms with E-state index in [0.717, 1.165) is 22.8 Å². The Kier molecular flexibility index (Phi) is 4.84. The van der Waals surface area contributed by atoms with Crippen molar-refractivity contribution in [1.29, 1.82) is 0 Å². The zero-order valence-corrected chi connectivity index (χ0v) is 15.3. The van der Waals surface area contributed by atoms with Crippen molar-refractivity contribution in [3.05, 3.63) is 63.6 Å². The second kappa shape index (κ2) is 6.87. The summed E-state index contributed by atoms with van der Waals surface area (Å²) in [6.45, 7) is 2.62. The fourth-order valence-corrected chi connectivity index (χ4v) is 3.30. The van der Waals surface area contributed by atoms with E-state index in [-0.39, 0.29) is 27.4 Å². The monoisotopic (exact) mass is 411 g/mol. The minimum absolute atomic E-state index is 0.0224. The number of phenolic OH excluding ortho intramolecular Hbond substituents is 1. The maximum Gasteiger partial charge on any atom is 0.310 e. The third-order valence-electron chi connectivity index (χ3n) is 4.58. The van der Waals surface area contributed by atoms with Crippen molar-refractivity contribution in [2.24, 2.45) is 0 Å². The van der Waals surface area contributed by atoms with E-state index < -0.39 is 46.4 Å². The summed E-state index contributed by atoms with van der Waals surface area (Å²) >= 11 is 5.61. The second-order valence-corrected chi connectivity index (χ2v) is 6.65. The van der Waals surface area contributed by atoms with Crippen LogP contribution in [0.25, 0.3) is 10.9 Å². The molecule has 0 aliphatic rings. The van der Waals surface area contributed by atoms with Gasteiger partial charge in [-0.25, -0.2) is 13.2 Å². The van der Waals surface area contributed by atoms with Crippen LogP contribution in [0.1, 0.15) is 34.5 Å². The summed E-state index contributed by atoms with van der Waals surface area (Å²) in [5, 5.41) is 18.4. The summed E-state index contributed by atoms with van der Waals surface area (Å²) in [5.41, 5.74) is -0.522. The van der Waals surface area contributed by atoms with Gasteiger partial charge in [-0.05, 0) is 37.6 Å². The van der Waals surface area contributed by atoms with Crippen molar-refractivity contribution in [2.75, 3.05) is 0 Å². The zero-order valence-electron chi connectivity index (χ0n) is 14.6. The van der Waals surface area contributed by atoms with Gasteiger partial charge in [0.15, 0.2) is 17.4 Å². The number of carboxylic acid groups (broad SMARTS) is 1. The van der Waals surface area contributed by atoms with E-state index in [9.17, 15) is 33.0 Å². The highest BCUT2D eigenvalue weighted by molar-refractivity contribution is 6.30. The number of carboxylic acids is 1. The Morgan fingerprint density at radius 3 is 2.36 bits per heavy atom. The zero-order chi connectivity index (χ0) is 20.9. The van der Waals surface area contributed by atoms with Gasteiger partial charge in [0.05, 0.1) is 16.5 Å². The summed E-state index contributed by atoms with van der Waals surface area (Å²) in [4.78, 5) is 24.4. The van der Waals surface area contributed by atoms with Gasteiger partial charge in [0.1, 0.15) is 5.82 Å². The molecule has 5 nitrogen and oxygen atoms in total. The van der Waals surface area contributed by atoms with E-state index in [1.54, 1.807) is 0 Å². The molecule has 1 heterocycles. The fraction of sp³-hybridized carbons (Fsp3) is 0.158. The van der Waals surface area contributed by atoms with Crippen LogP contribution in [0, 0.1) is 24.4 Å². The highest BCUT2D eigenvalue weighted by atomic mass is 35.5. The molecule has 2 N–H and O–H groups in total. The normalized spacial score (nSPS) is 12.4. The van der Waals surface area contributed by atoms with Gasteiger partial charge >= 0.3 is 5.97 Å². The van der Waals surface area contributed by atoms with Crippen LogP contribution in [-0.4, -0.2) is 26.7 Å². The van der Waals surface area contributed by atoms with Crippen molar-refractivity contribution in [2.45, 2.75) is 19.8 Å². The Balaban J connectivity index is 2.39. The van der Waals surface area contributed by atoms with Crippen molar-refractivity contribution in [3.8, 4) is 5.75 Å². The molecule has 0 spiro atoms. The molecule has 0 saturated carbocycles. The summed E-state index contributed by atoms with van der Waals surface area (Å²) in [6.07, 6.45) is 0. The first-order valence-corrected chi connectivity index (χ1v) is 8.38. The molecule has 3 rings (SSSR count). The van der Waals surface area contributed by atoms with Crippen LogP contribution in [0.2, 0.25) is 5.02 Å². The van der Waals surface area contributed by atoms with E-state index in [0.29, 0.717) is 0 Å². The average Bonchev–Trinajstić information content (AvgIpc) is 2.92. The van der Waals surface area contributed by atoms with Gasteiger partial charge in [-0.3, -0.25) is 14.2 Å². The van der Waals surface area contributed by atoms with Gasteiger partial charge in [-0.1, -0.05) is 11.6 Å². The van der Waals surface area contributed by atoms with E-state index in [1.165, 1.54) is 19.9 Å². The molecule has 146 valence electrons. The largest absolute Gasteiger partial charge is 0.503 e. The summed E-state index contributed by atoms with van der Waals surface area (Å²) in [6, 6.07) is 3.97. The first kappa shape index (κ1) is 19.8. The molecule has 2 aromatic carbocycles. The third kappa shape index (κ3) is 2.90. The van der Waals surface area contributed by atoms with Crippen LogP contribution in [0.15, 0.2) is 24.3 Å². The molecule has 1 aromatic heterocycles. The molecule has 0 amide bonds. The van der Waals surface area contributed by atoms with Crippen molar-refractivity contribution < 1.29 is 33.0 Å². The van der Waals surface area contributed by atoms with Gasteiger partial charge in [0, 0.05) is 22.7 Å². The number of hydrogen-bond acceptors (Lipinski definition) is 3. The number of aromatic nitrogens is 1. The highest BCUT2D eigenvalue weighted by Gasteiger charge is 2.30. The molecule has 0 unspecified atom stereocenters. The molecule has 1 atom stereocenters. The van der Waals surface area contributed by atoms with Gasteiger partial charge in [0.25, 0.3) is 5.91 Å². The number of rotatable bonds is 3. The molecular weight excluding hydrogens is 399 g/mol. The molecule has 0 saturated heterocycles. The number of carbonyl (C=O) groups is 2. The molecule has 28 heavy (non-hydrogen) atoms. The summed E-state index contributed by atoms with van der Waals surface area (Å²) in [7, 11) is 0. The number of fused-ring (bicyclic) bond motifs is 1.